The SMILES string of the molecule is Cc1cc(-n2cc3c(n2)CNCC3=O)n[nH]1. The number of carbonyl (C=O) groups excluding carboxylic acids is 1. The largest absolute Gasteiger partial charge is 0.304 e. The van der Waals surface area contributed by atoms with E-state index >= 15 is 0 Å². The Labute approximate surface area is 91.7 Å². The predicted octanol–water partition coefficient (Wildman–Crippen LogP) is 0.190. The molecule has 1 aliphatic heterocycles. The van der Waals surface area contributed by atoms with Crippen LogP contribution in [0.4, 0.5) is 0 Å². The average Bonchev–Trinajstić information content (AvgIpc) is 2.84. The second-order valence-corrected chi connectivity index (χ2v) is 3.87. The van der Waals surface area contributed by atoms with Gasteiger partial charge in [0.15, 0.2) is 11.6 Å². The number of Topliss-reactive ketones (excluding diaryl/α,β-unsaturated/α-hetero) is 1. The Balaban J connectivity index is 2.07. The number of fused-ring (bicyclic) bond motifs is 1. The van der Waals surface area contributed by atoms with Gasteiger partial charge in [-0.3, -0.25) is 9.89 Å². The van der Waals surface area contributed by atoms with E-state index in [9.17, 15) is 4.79 Å². The van der Waals surface area contributed by atoms with Crippen molar-refractivity contribution in [3.8, 4) is 5.82 Å². The molecule has 6 nitrogen and oxygen atoms in total. The molecule has 6 heteroatoms. The highest BCUT2D eigenvalue weighted by atomic mass is 16.1. The highest BCUT2D eigenvalue weighted by Crippen LogP contribution is 2.14. The fraction of sp³-hybridized carbons (Fsp3) is 0.300. The lowest BCUT2D eigenvalue weighted by molar-refractivity contribution is 0.0982. The molecule has 0 saturated carbocycles. The Kier molecular flexibility index (Phi) is 1.90. The lowest BCUT2D eigenvalue weighted by atomic mass is 10.1. The summed E-state index contributed by atoms with van der Waals surface area (Å²) in [7, 11) is 0. The molecular weight excluding hydrogens is 206 g/mol. The van der Waals surface area contributed by atoms with Gasteiger partial charge >= 0.3 is 0 Å². The molecule has 2 aromatic heterocycles. The minimum absolute atomic E-state index is 0.0831. The Morgan fingerprint density at radius 3 is 3.00 bits per heavy atom. The molecule has 0 unspecified atom stereocenters. The summed E-state index contributed by atoms with van der Waals surface area (Å²) in [5.74, 6) is 0.791. The van der Waals surface area contributed by atoms with E-state index in [-0.39, 0.29) is 5.78 Å². The van der Waals surface area contributed by atoms with Gasteiger partial charge in [-0.15, -0.1) is 0 Å². The van der Waals surface area contributed by atoms with E-state index in [0.29, 0.717) is 24.5 Å². The predicted molar refractivity (Wildman–Crippen MR) is 56.5 cm³/mol. The molecule has 2 aromatic rings. The van der Waals surface area contributed by atoms with Crippen LogP contribution in [0.25, 0.3) is 5.82 Å². The lowest BCUT2D eigenvalue weighted by Crippen LogP contribution is -2.29. The Morgan fingerprint density at radius 1 is 1.44 bits per heavy atom. The molecule has 0 aromatic carbocycles. The maximum atomic E-state index is 11.6. The zero-order valence-electron chi connectivity index (χ0n) is 8.82. The molecular formula is C10H11N5O. The number of hydrogen-bond acceptors (Lipinski definition) is 4. The summed E-state index contributed by atoms with van der Waals surface area (Å²) in [6.45, 7) is 2.95. The van der Waals surface area contributed by atoms with E-state index in [0.717, 1.165) is 11.4 Å². The van der Waals surface area contributed by atoms with Gasteiger partial charge in [0.25, 0.3) is 0 Å². The van der Waals surface area contributed by atoms with E-state index in [1.807, 2.05) is 13.0 Å². The van der Waals surface area contributed by atoms with Crippen molar-refractivity contribution < 1.29 is 4.79 Å². The molecule has 3 rings (SSSR count). The van der Waals surface area contributed by atoms with Gasteiger partial charge in [0.05, 0.1) is 17.8 Å². The molecule has 16 heavy (non-hydrogen) atoms. The van der Waals surface area contributed by atoms with Crippen LogP contribution in [-0.4, -0.2) is 32.3 Å². The number of aromatic nitrogens is 4. The van der Waals surface area contributed by atoms with E-state index in [4.69, 9.17) is 0 Å². The molecule has 0 radical (unpaired) electrons. The molecule has 0 saturated heterocycles. The Hall–Kier alpha value is -1.95. The van der Waals surface area contributed by atoms with Crippen molar-refractivity contribution in [3.63, 3.8) is 0 Å². The molecule has 82 valence electrons. The molecule has 0 aliphatic carbocycles. The number of carbonyl (C=O) groups is 1. The summed E-state index contributed by atoms with van der Waals surface area (Å²) in [6.07, 6.45) is 1.74. The number of nitrogens with zero attached hydrogens (tertiary/aromatic N) is 3. The first-order valence-corrected chi connectivity index (χ1v) is 5.09. The summed E-state index contributed by atoms with van der Waals surface area (Å²) in [6, 6.07) is 1.89. The van der Waals surface area contributed by atoms with Crippen LogP contribution in [0.3, 0.4) is 0 Å². The number of nitrogens with one attached hydrogen (secondary N) is 2. The number of ketones is 1. The molecule has 0 bridgehead atoms. The summed E-state index contributed by atoms with van der Waals surface area (Å²) in [5, 5.41) is 14.3. The molecule has 0 atom stereocenters. The fourth-order valence-electron chi connectivity index (χ4n) is 1.80. The first-order valence-electron chi connectivity index (χ1n) is 5.09. The highest BCUT2D eigenvalue weighted by molar-refractivity contribution is 5.99. The van der Waals surface area contributed by atoms with Gasteiger partial charge < -0.3 is 5.32 Å². The van der Waals surface area contributed by atoms with Crippen molar-refractivity contribution in [1.82, 2.24) is 25.3 Å². The number of aryl methyl sites for hydroxylation is 1. The Morgan fingerprint density at radius 2 is 2.31 bits per heavy atom. The van der Waals surface area contributed by atoms with Crippen molar-refractivity contribution in [3.05, 3.63) is 29.2 Å². The summed E-state index contributed by atoms with van der Waals surface area (Å²) >= 11 is 0. The number of hydrogen-bond donors (Lipinski definition) is 2. The summed E-state index contributed by atoms with van der Waals surface area (Å²) < 4.78 is 1.64. The second-order valence-electron chi connectivity index (χ2n) is 3.87. The van der Waals surface area contributed by atoms with Gasteiger partial charge in [-0.1, -0.05) is 0 Å². The van der Waals surface area contributed by atoms with E-state index in [2.05, 4.69) is 20.6 Å². The van der Waals surface area contributed by atoms with E-state index in [1.54, 1.807) is 10.9 Å². The Bertz CT molecular complexity index is 553. The van der Waals surface area contributed by atoms with Gasteiger partial charge in [0.2, 0.25) is 0 Å². The van der Waals surface area contributed by atoms with Gasteiger partial charge in [0, 0.05) is 24.5 Å². The van der Waals surface area contributed by atoms with Crippen LogP contribution < -0.4 is 5.32 Å². The molecule has 2 N–H and O–H groups in total. The normalized spacial score (nSPS) is 15.2. The fourth-order valence-corrected chi connectivity index (χ4v) is 1.80. The van der Waals surface area contributed by atoms with Crippen molar-refractivity contribution in [1.29, 1.82) is 0 Å². The van der Waals surface area contributed by atoms with Crippen LogP contribution in [0.15, 0.2) is 12.3 Å². The van der Waals surface area contributed by atoms with Crippen LogP contribution in [0.2, 0.25) is 0 Å². The number of rotatable bonds is 1. The maximum Gasteiger partial charge on any atom is 0.180 e. The van der Waals surface area contributed by atoms with Gasteiger partial charge in [-0.05, 0) is 6.92 Å². The van der Waals surface area contributed by atoms with Gasteiger partial charge in [-0.2, -0.15) is 10.2 Å². The van der Waals surface area contributed by atoms with E-state index in [1.165, 1.54) is 0 Å². The third-order valence-corrected chi connectivity index (χ3v) is 2.60. The maximum absolute atomic E-state index is 11.6. The molecule has 1 aliphatic rings. The molecule has 0 amide bonds. The summed E-state index contributed by atoms with van der Waals surface area (Å²) in [5.41, 5.74) is 2.45. The monoisotopic (exact) mass is 217 g/mol. The lowest BCUT2D eigenvalue weighted by Gasteiger charge is -2.08. The van der Waals surface area contributed by atoms with Crippen LogP contribution in [0, 0.1) is 6.92 Å². The van der Waals surface area contributed by atoms with Gasteiger partial charge in [-0.25, -0.2) is 4.68 Å². The zero-order valence-corrected chi connectivity index (χ0v) is 8.82. The van der Waals surface area contributed by atoms with Crippen molar-refractivity contribution >= 4 is 5.78 Å². The number of H-pyrrole nitrogens is 1. The smallest absolute Gasteiger partial charge is 0.180 e. The standard InChI is InChI=1S/C10H11N5O/c1-6-2-10(13-12-6)15-5-7-8(14-15)3-11-4-9(7)16/h2,5,11H,3-4H2,1H3,(H,12,13). The first-order chi connectivity index (χ1) is 7.74. The van der Waals surface area contributed by atoms with Crippen LogP contribution in [-0.2, 0) is 6.54 Å². The quantitative estimate of drug-likeness (QED) is 0.715. The average molecular weight is 217 g/mol. The van der Waals surface area contributed by atoms with Crippen LogP contribution >= 0.6 is 0 Å². The van der Waals surface area contributed by atoms with Crippen molar-refractivity contribution in [2.45, 2.75) is 13.5 Å². The van der Waals surface area contributed by atoms with Crippen molar-refractivity contribution in [2.75, 3.05) is 6.54 Å². The second kappa shape index (κ2) is 3.28. The minimum atomic E-state index is 0.0831. The van der Waals surface area contributed by atoms with Crippen LogP contribution in [0.5, 0.6) is 0 Å². The minimum Gasteiger partial charge on any atom is -0.304 e. The summed E-state index contributed by atoms with van der Waals surface area (Å²) in [4.78, 5) is 11.6. The first kappa shape index (κ1) is 9.29. The highest BCUT2D eigenvalue weighted by Gasteiger charge is 2.21. The zero-order chi connectivity index (χ0) is 11.1. The molecule has 0 spiro atoms. The van der Waals surface area contributed by atoms with Gasteiger partial charge in [0.1, 0.15) is 0 Å². The molecule has 0 fully saturated rings. The molecule has 3 heterocycles. The third kappa shape index (κ3) is 1.35. The topological polar surface area (TPSA) is 75.6 Å². The van der Waals surface area contributed by atoms with E-state index < -0.39 is 0 Å². The third-order valence-electron chi connectivity index (χ3n) is 2.60. The number of aromatic amines is 1. The van der Waals surface area contributed by atoms with Crippen LogP contribution in [0.1, 0.15) is 21.7 Å². The van der Waals surface area contributed by atoms with Crippen molar-refractivity contribution in [2.24, 2.45) is 0 Å².